The maximum absolute atomic E-state index is 12.5. The predicted molar refractivity (Wildman–Crippen MR) is 113 cm³/mol. The molecule has 5 rings (SSSR count). The van der Waals surface area contributed by atoms with Crippen molar-refractivity contribution in [3.63, 3.8) is 0 Å². The number of nitrogens with zero attached hydrogens (tertiary/aromatic N) is 3. The molecule has 1 N–H and O–H groups in total. The van der Waals surface area contributed by atoms with Crippen LogP contribution in [0.5, 0.6) is 5.75 Å². The molecule has 2 saturated heterocycles. The van der Waals surface area contributed by atoms with Gasteiger partial charge in [-0.3, -0.25) is 24.4 Å². The number of piperidine rings is 2. The Kier molecular flexibility index (Phi) is 5.16. The van der Waals surface area contributed by atoms with Crippen LogP contribution in [-0.4, -0.2) is 51.6 Å². The average molecular weight is 425 g/mol. The molecule has 1 aliphatic carbocycles. The summed E-state index contributed by atoms with van der Waals surface area (Å²) < 4.78 is 8.13. The van der Waals surface area contributed by atoms with E-state index in [1.54, 1.807) is 4.68 Å². The predicted octanol–water partition coefficient (Wildman–Crippen LogP) is 2.26. The second-order valence-electron chi connectivity index (χ2n) is 8.94. The number of carbonyl (C=O) groups excluding carboxylic acids is 3. The van der Waals surface area contributed by atoms with Gasteiger partial charge in [0.25, 0.3) is 0 Å². The molecule has 2 aliphatic heterocycles. The van der Waals surface area contributed by atoms with Crippen LogP contribution in [-0.2, 0) is 21.4 Å². The third-order valence-corrected chi connectivity index (χ3v) is 6.93. The molecular weight excluding hydrogens is 396 g/mol. The van der Waals surface area contributed by atoms with Gasteiger partial charge in [-0.25, -0.2) is 0 Å². The summed E-state index contributed by atoms with van der Waals surface area (Å²) in [7, 11) is 1.85. The van der Waals surface area contributed by atoms with Crippen LogP contribution >= 0.6 is 0 Å². The number of hydrogen-bond donors (Lipinski definition) is 1. The Labute approximate surface area is 180 Å². The average Bonchev–Trinajstić information content (AvgIpc) is 3.05. The first-order valence-electron chi connectivity index (χ1n) is 11.3. The zero-order chi connectivity index (χ0) is 21.5. The van der Waals surface area contributed by atoms with Crippen molar-refractivity contribution in [2.45, 2.75) is 57.0 Å². The minimum absolute atomic E-state index is 0.0463. The number of amides is 3. The molecule has 8 heteroatoms. The Morgan fingerprint density at radius 2 is 1.90 bits per heavy atom. The van der Waals surface area contributed by atoms with Crippen LogP contribution in [0, 0.1) is 5.92 Å². The standard InChI is InChI=1S/C23H28N4O4/c1-26-21-16(20(25-26)17-8-9-19(28)24-22(17)29)6-3-7-18(21)31-15-10-12-27(13-11-15)23(30)14-4-2-5-14/h3,6-7,14-15,17H,2,4-5,8-13H2,1H3,(H,24,28,29). The normalized spacial score (nSPS) is 23.0. The fourth-order valence-electron chi connectivity index (χ4n) is 4.92. The number of rotatable bonds is 4. The Morgan fingerprint density at radius 3 is 2.58 bits per heavy atom. The SMILES string of the molecule is Cn1nc(C2CCC(=O)NC2=O)c2cccc(OC3CCN(C(=O)C4CCC4)CC3)c21. The lowest BCUT2D eigenvalue weighted by atomic mass is 9.84. The molecule has 164 valence electrons. The lowest BCUT2D eigenvalue weighted by Crippen LogP contribution is -2.45. The van der Waals surface area contributed by atoms with E-state index in [0.29, 0.717) is 24.4 Å². The number of para-hydroxylation sites is 1. The van der Waals surface area contributed by atoms with E-state index in [1.807, 2.05) is 30.1 Å². The fraction of sp³-hybridized carbons (Fsp3) is 0.565. The van der Waals surface area contributed by atoms with Crippen molar-refractivity contribution < 1.29 is 19.1 Å². The van der Waals surface area contributed by atoms with Gasteiger partial charge in [-0.05, 0) is 25.3 Å². The number of carbonyl (C=O) groups is 3. The maximum atomic E-state index is 12.5. The van der Waals surface area contributed by atoms with Crippen molar-refractivity contribution >= 4 is 28.6 Å². The summed E-state index contributed by atoms with van der Waals surface area (Å²) in [5, 5.41) is 7.93. The number of ether oxygens (including phenoxy) is 1. The highest BCUT2D eigenvalue weighted by atomic mass is 16.5. The second kappa shape index (κ2) is 7.98. The van der Waals surface area contributed by atoms with E-state index in [2.05, 4.69) is 10.4 Å². The number of fused-ring (bicyclic) bond motifs is 1. The van der Waals surface area contributed by atoms with Crippen LogP contribution in [0.2, 0.25) is 0 Å². The van der Waals surface area contributed by atoms with E-state index in [4.69, 9.17) is 4.74 Å². The summed E-state index contributed by atoms with van der Waals surface area (Å²) in [6.45, 7) is 1.48. The summed E-state index contributed by atoms with van der Waals surface area (Å²) in [4.78, 5) is 38.4. The number of aromatic nitrogens is 2. The van der Waals surface area contributed by atoms with Crippen molar-refractivity contribution in [3.05, 3.63) is 23.9 Å². The highest BCUT2D eigenvalue weighted by Gasteiger charge is 2.34. The maximum Gasteiger partial charge on any atom is 0.235 e. The third kappa shape index (κ3) is 3.68. The summed E-state index contributed by atoms with van der Waals surface area (Å²) in [5.41, 5.74) is 1.55. The molecule has 31 heavy (non-hydrogen) atoms. The number of aryl methyl sites for hydroxylation is 1. The second-order valence-corrected chi connectivity index (χ2v) is 8.94. The van der Waals surface area contributed by atoms with Gasteiger partial charge >= 0.3 is 0 Å². The number of imide groups is 1. The molecule has 3 heterocycles. The van der Waals surface area contributed by atoms with Gasteiger partial charge in [0.05, 0.1) is 11.6 Å². The van der Waals surface area contributed by atoms with Crippen LogP contribution in [0.1, 0.15) is 56.6 Å². The van der Waals surface area contributed by atoms with Crippen LogP contribution in [0.4, 0.5) is 0 Å². The van der Waals surface area contributed by atoms with Crippen molar-refractivity contribution in [1.29, 1.82) is 0 Å². The fourth-order valence-corrected chi connectivity index (χ4v) is 4.92. The van der Waals surface area contributed by atoms with Crippen molar-refractivity contribution in [2.24, 2.45) is 13.0 Å². The summed E-state index contributed by atoms with van der Waals surface area (Å²) >= 11 is 0. The monoisotopic (exact) mass is 424 g/mol. The van der Waals surface area contributed by atoms with E-state index in [1.165, 1.54) is 6.42 Å². The van der Waals surface area contributed by atoms with Gasteiger partial charge in [0.2, 0.25) is 17.7 Å². The first kappa shape index (κ1) is 20.0. The van der Waals surface area contributed by atoms with Crippen molar-refractivity contribution in [3.8, 4) is 5.75 Å². The highest BCUT2D eigenvalue weighted by Crippen LogP contribution is 2.35. The molecule has 1 aromatic heterocycles. The van der Waals surface area contributed by atoms with Crippen LogP contribution in [0.3, 0.4) is 0 Å². The van der Waals surface area contributed by atoms with Gasteiger partial charge in [-0.15, -0.1) is 0 Å². The Bertz CT molecular complexity index is 1030. The number of benzene rings is 1. The molecule has 2 aromatic rings. The molecule has 1 aromatic carbocycles. The van der Waals surface area contributed by atoms with Crippen molar-refractivity contribution in [2.75, 3.05) is 13.1 Å². The van der Waals surface area contributed by atoms with Crippen molar-refractivity contribution in [1.82, 2.24) is 20.0 Å². The first-order chi connectivity index (χ1) is 15.0. The van der Waals surface area contributed by atoms with Gasteiger partial charge in [0.1, 0.15) is 17.4 Å². The molecule has 1 atom stereocenters. The van der Waals surface area contributed by atoms with Crippen LogP contribution < -0.4 is 10.1 Å². The van der Waals surface area contributed by atoms with Gasteiger partial charge < -0.3 is 9.64 Å². The quantitative estimate of drug-likeness (QED) is 0.760. The molecular formula is C23H28N4O4. The van der Waals surface area contributed by atoms with E-state index in [-0.39, 0.29) is 23.8 Å². The summed E-state index contributed by atoms with van der Waals surface area (Å²) in [5.74, 6) is 0.351. The summed E-state index contributed by atoms with van der Waals surface area (Å²) in [6.07, 6.45) is 5.70. The van der Waals surface area contributed by atoms with Gasteiger partial charge in [0, 0.05) is 50.7 Å². The molecule has 0 radical (unpaired) electrons. The van der Waals surface area contributed by atoms with E-state index in [0.717, 1.165) is 55.4 Å². The van der Waals surface area contributed by atoms with Gasteiger partial charge in [0.15, 0.2) is 0 Å². The lowest BCUT2D eigenvalue weighted by Gasteiger charge is -2.36. The Hall–Kier alpha value is -2.90. The Morgan fingerprint density at radius 1 is 1.13 bits per heavy atom. The van der Waals surface area contributed by atoms with Crippen LogP contribution in [0.15, 0.2) is 18.2 Å². The minimum Gasteiger partial charge on any atom is -0.488 e. The number of likely N-dealkylation sites (tertiary alicyclic amines) is 1. The van der Waals surface area contributed by atoms with Gasteiger partial charge in [-0.2, -0.15) is 5.10 Å². The highest BCUT2D eigenvalue weighted by molar-refractivity contribution is 6.02. The molecule has 3 fully saturated rings. The summed E-state index contributed by atoms with van der Waals surface area (Å²) in [6, 6.07) is 5.81. The minimum atomic E-state index is -0.433. The van der Waals surface area contributed by atoms with E-state index >= 15 is 0 Å². The van der Waals surface area contributed by atoms with E-state index < -0.39 is 5.92 Å². The molecule has 0 bridgehead atoms. The molecule has 8 nitrogen and oxygen atoms in total. The van der Waals surface area contributed by atoms with E-state index in [9.17, 15) is 14.4 Å². The lowest BCUT2D eigenvalue weighted by molar-refractivity contribution is -0.140. The first-order valence-corrected chi connectivity index (χ1v) is 11.3. The van der Waals surface area contributed by atoms with Gasteiger partial charge in [-0.1, -0.05) is 18.6 Å². The van der Waals surface area contributed by atoms with Crippen LogP contribution in [0.25, 0.3) is 10.9 Å². The molecule has 3 amide bonds. The zero-order valence-corrected chi connectivity index (χ0v) is 17.8. The topological polar surface area (TPSA) is 93.5 Å². The molecule has 1 unspecified atom stereocenters. The molecule has 3 aliphatic rings. The number of nitrogens with one attached hydrogen (secondary N) is 1. The third-order valence-electron chi connectivity index (χ3n) is 6.93. The number of hydrogen-bond acceptors (Lipinski definition) is 5. The smallest absolute Gasteiger partial charge is 0.235 e. The Balaban J connectivity index is 1.32. The molecule has 0 spiro atoms. The largest absolute Gasteiger partial charge is 0.488 e. The zero-order valence-electron chi connectivity index (χ0n) is 17.8. The molecule has 1 saturated carbocycles.